The molecule has 1 aliphatic heterocycles. The highest BCUT2D eigenvalue weighted by molar-refractivity contribution is 5.69. The van der Waals surface area contributed by atoms with Crippen LogP contribution in [0.2, 0.25) is 0 Å². The van der Waals surface area contributed by atoms with Gasteiger partial charge in [-0.15, -0.1) is 0 Å². The van der Waals surface area contributed by atoms with Gasteiger partial charge in [-0.25, -0.2) is 4.79 Å². The number of aliphatic hydroxyl groups is 1. The van der Waals surface area contributed by atoms with Gasteiger partial charge in [-0.2, -0.15) is 0 Å². The molecule has 0 unspecified atom stereocenters. The van der Waals surface area contributed by atoms with E-state index in [-0.39, 0.29) is 18.7 Å². The van der Waals surface area contributed by atoms with Crippen molar-refractivity contribution < 1.29 is 14.6 Å². The topological polar surface area (TPSA) is 49.8 Å². The highest BCUT2D eigenvalue weighted by Crippen LogP contribution is 2.26. The van der Waals surface area contributed by atoms with Crippen molar-refractivity contribution in [2.45, 2.75) is 51.8 Å². The summed E-state index contributed by atoms with van der Waals surface area (Å²) in [5.74, 6) is 0. The van der Waals surface area contributed by atoms with Crippen molar-refractivity contribution in [3.05, 3.63) is 35.4 Å². The molecule has 4 heteroatoms. The van der Waals surface area contributed by atoms with Crippen molar-refractivity contribution in [1.82, 2.24) is 4.90 Å². The molecule has 1 heterocycles. The Hall–Kier alpha value is -1.55. The first kappa shape index (κ1) is 14.9. The molecule has 2 rings (SSSR count). The van der Waals surface area contributed by atoms with Crippen LogP contribution in [0, 0.1) is 0 Å². The molecule has 20 heavy (non-hydrogen) atoms. The van der Waals surface area contributed by atoms with Gasteiger partial charge in [0.2, 0.25) is 0 Å². The fourth-order valence-electron chi connectivity index (χ4n) is 2.53. The lowest BCUT2D eigenvalue weighted by molar-refractivity contribution is 0.00935. The maximum absolute atomic E-state index is 12.3. The number of fused-ring (bicyclic) bond motifs is 1. The predicted molar refractivity (Wildman–Crippen MR) is 77.4 cm³/mol. The fourth-order valence-corrected chi connectivity index (χ4v) is 2.53. The molecule has 0 radical (unpaired) electrons. The summed E-state index contributed by atoms with van der Waals surface area (Å²) in [6.07, 6.45) is 1.05. The largest absolute Gasteiger partial charge is 0.444 e. The van der Waals surface area contributed by atoms with Gasteiger partial charge in [0.15, 0.2) is 0 Å². The molecule has 1 aromatic rings. The summed E-state index contributed by atoms with van der Waals surface area (Å²) >= 11 is 0. The van der Waals surface area contributed by atoms with Crippen molar-refractivity contribution in [3.63, 3.8) is 0 Å². The fraction of sp³-hybridized carbons (Fsp3) is 0.562. The van der Waals surface area contributed by atoms with Gasteiger partial charge in [0.1, 0.15) is 5.60 Å². The molecule has 0 aromatic heterocycles. The third-order valence-corrected chi connectivity index (χ3v) is 3.45. The van der Waals surface area contributed by atoms with Crippen molar-refractivity contribution in [2.24, 2.45) is 0 Å². The number of ether oxygens (including phenoxy) is 1. The highest BCUT2D eigenvalue weighted by Gasteiger charge is 2.32. The van der Waals surface area contributed by atoms with E-state index in [2.05, 4.69) is 6.07 Å². The molecule has 0 bridgehead atoms. The van der Waals surface area contributed by atoms with Crippen molar-refractivity contribution in [3.8, 4) is 0 Å². The highest BCUT2D eigenvalue weighted by atomic mass is 16.6. The number of hydrogen-bond acceptors (Lipinski definition) is 3. The number of rotatable bonds is 2. The van der Waals surface area contributed by atoms with Gasteiger partial charge in [0.25, 0.3) is 0 Å². The van der Waals surface area contributed by atoms with Crippen LogP contribution < -0.4 is 0 Å². The minimum absolute atomic E-state index is 0.00440. The summed E-state index contributed by atoms with van der Waals surface area (Å²) in [5.41, 5.74) is 1.91. The van der Waals surface area contributed by atoms with Crippen LogP contribution >= 0.6 is 0 Å². The van der Waals surface area contributed by atoms with Crippen LogP contribution in [0.5, 0.6) is 0 Å². The molecular weight excluding hydrogens is 254 g/mol. The molecule has 0 saturated carbocycles. The van der Waals surface area contributed by atoms with Crippen LogP contribution in [0.15, 0.2) is 24.3 Å². The van der Waals surface area contributed by atoms with E-state index in [0.29, 0.717) is 13.0 Å². The molecule has 4 nitrogen and oxygen atoms in total. The SMILES string of the molecule is CC(C)(C)OC(=O)N1Cc2ccccc2C[C@H]1CCO. The minimum atomic E-state index is -0.502. The van der Waals surface area contributed by atoms with Crippen LogP contribution in [-0.2, 0) is 17.7 Å². The molecular formula is C16H23NO3. The number of nitrogens with zero attached hydrogens (tertiary/aromatic N) is 1. The van der Waals surface area contributed by atoms with E-state index in [1.165, 1.54) is 5.56 Å². The van der Waals surface area contributed by atoms with Gasteiger partial charge in [-0.3, -0.25) is 0 Å². The Morgan fingerprint density at radius 3 is 2.60 bits per heavy atom. The minimum Gasteiger partial charge on any atom is -0.444 e. The molecule has 0 aliphatic carbocycles. The predicted octanol–water partition coefficient (Wildman–Crippen LogP) is 2.73. The zero-order valence-corrected chi connectivity index (χ0v) is 12.4. The lowest BCUT2D eigenvalue weighted by Gasteiger charge is -2.37. The molecule has 0 saturated heterocycles. The van der Waals surface area contributed by atoms with E-state index < -0.39 is 5.60 Å². The Morgan fingerprint density at radius 1 is 1.35 bits per heavy atom. The monoisotopic (exact) mass is 277 g/mol. The van der Waals surface area contributed by atoms with Crippen molar-refractivity contribution in [2.75, 3.05) is 6.61 Å². The standard InChI is InChI=1S/C16H23NO3/c1-16(2,3)20-15(19)17-11-13-7-5-4-6-12(13)10-14(17)8-9-18/h4-7,14,18H,8-11H2,1-3H3/t14-/m1/s1. The number of amides is 1. The Bertz CT molecular complexity index is 479. The molecule has 0 spiro atoms. The normalized spacial score (nSPS) is 18.6. The Balaban J connectivity index is 2.19. The van der Waals surface area contributed by atoms with Gasteiger partial charge in [-0.05, 0) is 44.7 Å². The summed E-state index contributed by atoms with van der Waals surface area (Å²) in [6, 6.07) is 8.13. The van der Waals surface area contributed by atoms with Crippen LogP contribution in [-0.4, -0.2) is 34.3 Å². The Morgan fingerprint density at radius 2 is 2.00 bits per heavy atom. The first-order chi connectivity index (χ1) is 9.40. The van der Waals surface area contributed by atoms with Gasteiger partial charge in [-0.1, -0.05) is 24.3 Å². The third kappa shape index (κ3) is 3.51. The number of benzene rings is 1. The smallest absolute Gasteiger partial charge is 0.410 e. The van der Waals surface area contributed by atoms with E-state index in [1.54, 1.807) is 4.90 Å². The second-order valence-electron chi connectivity index (χ2n) is 6.25. The average Bonchev–Trinajstić information content (AvgIpc) is 2.36. The summed E-state index contributed by atoms with van der Waals surface area (Å²) in [5, 5.41) is 9.22. The zero-order valence-electron chi connectivity index (χ0n) is 12.4. The van der Waals surface area contributed by atoms with E-state index in [4.69, 9.17) is 4.74 Å². The summed E-state index contributed by atoms with van der Waals surface area (Å²) in [4.78, 5) is 14.1. The van der Waals surface area contributed by atoms with E-state index >= 15 is 0 Å². The molecule has 1 aliphatic rings. The molecule has 1 atom stereocenters. The maximum Gasteiger partial charge on any atom is 0.410 e. The first-order valence-corrected chi connectivity index (χ1v) is 7.08. The number of aliphatic hydroxyl groups excluding tert-OH is 1. The second-order valence-corrected chi connectivity index (χ2v) is 6.25. The van der Waals surface area contributed by atoms with Gasteiger partial charge < -0.3 is 14.7 Å². The lowest BCUT2D eigenvalue weighted by atomic mass is 9.93. The number of carbonyl (C=O) groups excluding carboxylic acids is 1. The number of hydrogen-bond donors (Lipinski definition) is 1. The van der Waals surface area contributed by atoms with Crippen LogP contribution in [0.1, 0.15) is 38.3 Å². The molecule has 1 amide bonds. The third-order valence-electron chi connectivity index (χ3n) is 3.45. The van der Waals surface area contributed by atoms with E-state index in [9.17, 15) is 9.90 Å². The van der Waals surface area contributed by atoms with Crippen LogP contribution in [0.3, 0.4) is 0 Å². The average molecular weight is 277 g/mol. The van der Waals surface area contributed by atoms with Gasteiger partial charge >= 0.3 is 6.09 Å². The van der Waals surface area contributed by atoms with E-state index in [1.807, 2.05) is 39.0 Å². The van der Waals surface area contributed by atoms with Crippen LogP contribution in [0.4, 0.5) is 4.79 Å². The van der Waals surface area contributed by atoms with Gasteiger partial charge in [0.05, 0.1) is 0 Å². The lowest BCUT2D eigenvalue weighted by Crippen LogP contribution is -2.46. The van der Waals surface area contributed by atoms with Crippen molar-refractivity contribution in [1.29, 1.82) is 0 Å². The Kier molecular flexibility index (Phi) is 4.33. The summed E-state index contributed by atoms with van der Waals surface area (Å²) < 4.78 is 5.47. The molecule has 110 valence electrons. The Labute approximate surface area is 120 Å². The van der Waals surface area contributed by atoms with Crippen LogP contribution in [0.25, 0.3) is 0 Å². The quantitative estimate of drug-likeness (QED) is 0.904. The van der Waals surface area contributed by atoms with Crippen molar-refractivity contribution >= 4 is 6.09 Å². The zero-order chi connectivity index (χ0) is 14.8. The first-order valence-electron chi connectivity index (χ1n) is 7.08. The molecule has 0 fully saturated rings. The van der Waals surface area contributed by atoms with E-state index in [0.717, 1.165) is 12.0 Å². The summed E-state index contributed by atoms with van der Waals surface area (Å²) in [7, 11) is 0. The molecule has 1 N–H and O–H groups in total. The molecule has 1 aromatic carbocycles. The van der Waals surface area contributed by atoms with Gasteiger partial charge in [0, 0.05) is 19.2 Å². The summed E-state index contributed by atoms with van der Waals surface area (Å²) in [6.45, 7) is 6.22. The second kappa shape index (κ2) is 5.83. The number of carbonyl (C=O) groups is 1. The maximum atomic E-state index is 12.3.